The minimum absolute atomic E-state index is 0.190. The van der Waals surface area contributed by atoms with Crippen LogP contribution in [0.3, 0.4) is 0 Å². The summed E-state index contributed by atoms with van der Waals surface area (Å²) in [5.41, 5.74) is 0.626. The molecule has 3 heterocycles. The molecule has 11 heteroatoms. The van der Waals surface area contributed by atoms with Crippen molar-refractivity contribution in [2.75, 3.05) is 19.6 Å². The molecule has 1 fully saturated rings. The summed E-state index contributed by atoms with van der Waals surface area (Å²) in [4.78, 5) is 49.7. The molecule has 1 aromatic heterocycles. The summed E-state index contributed by atoms with van der Waals surface area (Å²) < 4.78 is 35.5. The van der Waals surface area contributed by atoms with Crippen molar-refractivity contribution in [2.24, 2.45) is 11.3 Å². The van der Waals surface area contributed by atoms with Gasteiger partial charge in [0.1, 0.15) is 41.0 Å². The number of fused-ring (bicyclic) bond motifs is 1. The summed E-state index contributed by atoms with van der Waals surface area (Å²) in [6.07, 6.45) is 4.70. The molecular weight excluding hydrogens is 616 g/mol. The Morgan fingerprint density at radius 1 is 1.06 bits per heavy atom. The first-order chi connectivity index (χ1) is 22.8. The second-order valence-electron chi connectivity index (χ2n) is 14.2. The first-order valence-electron chi connectivity index (χ1n) is 16.9. The van der Waals surface area contributed by atoms with E-state index in [0.717, 1.165) is 30.8 Å². The fourth-order valence-corrected chi connectivity index (χ4v) is 6.36. The van der Waals surface area contributed by atoms with Gasteiger partial charge in [-0.2, -0.15) is 0 Å². The van der Waals surface area contributed by atoms with E-state index >= 15 is 0 Å². The van der Waals surface area contributed by atoms with E-state index in [1.807, 2.05) is 39.2 Å². The van der Waals surface area contributed by atoms with Crippen molar-refractivity contribution in [3.05, 3.63) is 83.4 Å². The minimum atomic E-state index is -0.814. The molecule has 4 atom stereocenters. The third kappa shape index (κ3) is 8.41. The molecule has 0 saturated carbocycles. The Kier molecular flexibility index (Phi) is 10.9. The van der Waals surface area contributed by atoms with Crippen molar-refractivity contribution in [2.45, 2.75) is 91.5 Å². The molecule has 258 valence electrons. The number of aromatic nitrogens is 2. The van der Waals surface area contributed by atoms with Crippen LogP contribution in [0.2, 0.25) is 0 Å². The highest BCUT2D eigenvalue weighted by Gasteiger charge is 2.44. The number of aryl methyl sites for hydroxylation is 2. The first-order valence-corrected chi connectivity index (χ1v) is 16.9. The quantitative estimate of drug-likeness (QED) is 0.279. The van der Waals surface area contributed by atoms with Gasteiger partial charge >= 0.3 is 0 Å². The summed E-state index contributed by atoms with van der Waals surface area (Å²) in [5.74, 6) is -0.300. The SMILES string of the molecule is CC[C@@H](C)C(=O)N[C@H](C(=O)N1C[C@@H](Oc2ccc(F)cc2)C[C@H]1CN(CCc1ccc(F)cc1)C(=O)c1cn2c(n1)CCC2)C(C)(C)C. The molecule has 0 aliphatic carbocycles. The van der Waals surface area contributed by atoms with E-state index in [1.165, 1.54) is 24.3 Å². The lowest BCUT2D eigenvalue weighted by Crippen LogP contribution is -2.58. The number of carbonyl (C=O) groups is 3. The van der Waals surface area contributed by atoms with Gasteiger partial charge in [0, 0.05) is 44.6 Å². The molecule has 0 radical (unpaired) electrons. The molecule has 3 amide bonds. The number of nitrogens with zero attached hydrogens (tertiary/aromatic N) is 4. The van der Waals surface area contributed by atoms with Crippen LogP contribution in [-0.4, -0.2) is 74.9 Å². The Morgan fingerprint density at radius 2 is 1.73 bits per heavy atom. The lowest BCUT2D eigenvalue weighted by molar-refractivity contribution is -0.141. The van der Waals surface area contributed by atoms with Gasteiger partial charge in [-0.25, -0.2) is 13.8 Å². The zero-order valence-corrected chi connectivity index (χ0v) is 28.5. The maximum atomic E-state index is 14.5. The highest BCUT2D eigenvalue weighted by Crippen LogP contribution is 2.29. The summed E-state index contributed by atoms with van der Waals surface area (Å²) in [7, 11) is 0. The van der Waals surface area contributed by atoms with Crippen LogP contribution in [-0.2, 0) is 29.0 Å². The maximum absolute atomic E-state index is 14.5. The number of amides is 3. The number of likely N-dealkylation sites (tertiary alicyclic amines) is 1. The molecule has 0 bridgehead atoms. The van der Waals surface area contributed by atoms with Gasteiger partial charge in [-0.3, -0.25) is 14.4 Å². The van der Waals surface area contributed by atoms with Crippen LogP contribution in [0, 0.1) is 23.0 Å². The normalized spacial score (nSPS) is 18.7. The van der Waals surface area contributed by atoms with E-state index in [9.17, 15) is 23.2 Å². The number of nitrogens with one attached hydrogen (secondary N) is 1. The van der Waals surface area contributed by atoms with Crippen LogP contribution in [0.5, 0.6) is 5.75 Å². The summed E-state index contributed by atoms with van der Waals surface area (Å²) in [6, 6.07) is 10.7. The van der Waals surface area contributed by atoms with Gasteiger partial charge in [0.25, 0.3) is 5.91 Å². The largest absolute Gasteiger partial charge is 0.489 e. The lowest BCUT2D eigenvalue weighted by Gasteiger charge is -2.37. The number of benzene rings is 2. The molecule has 2 aliphatic rings. The van der Waals surface area contributed by atoms with Gasteiger partial charge in [-0.05, 0) is 66.6 Å². The second-order valence-corrected chi connectivity index (χ2v) is 14.2. The molecule has 2 aliphatic heterocycles. The van der Waals surface area contributed by atoms with Crippen LogP contribution in [0.4, 0.5) is 8.78 Å². The average Bonchev–Trinajstić information content (AvgIpc) is 3.78. The topological polar surface area (TPSA) is 96.8 Å². The number of halogens is 2. The number of ether oxygens (including phenoxy) is 1. The average molecular weight is 664 g/mol. The third-order valence-electron chi connectivity index (χ3n) is 9.41. The highest BCUT2D eigenvalue weighted by atomic mass is 19.1. The van der Waals surface area contributed by atoms with Crippen LogP contribution >= 0.6 is 0 Å². The molecule has 1 N–H and O–H groups in total. The van der Waals surface area contributed by atoms with Crippen molar-refractivity contribution in [3.63, 3.8) is 0 Å². The number of rotatable bonds is 12. The predicted octanol–water partition coefficient (Wildman–Crippen LogP) is 5.42. The molecule has 0 spiro atoms. The van der Waals surface area contributed by atoms with Crippen molar-refractivity contribution in [1.29, 1.82) is 0 Å². The van der Waals surface area contributed by atoms with Gasteiger partial charge < -0.3 is 24.4 Å². The van der Waals surface area contributed by atoms with Crippen LogP contribution in [0.1, 0.15) is 75.8 Å². The van der Waals surface area contributed by atoms with Crippen LogP contribution in [0.25, 0.3) is 0 Å². The Balaban J connectivity index is 1.44. The van der Waals surface area contributed by atoms with Gasteiger partial charge in [0.05, 0.1) is 12.6 Å². The molecule has 9 nitrogen and oxygen atoms in total. The molecule has 2 aromatic carbocycles. The molecule has 5 rings (SSSR count). The second kappa shape index (κ2) is 14.9. The lowest BCUT2D eigenvalue weighted by atomic mass is 9.85. The monoisotopic (exact) mass is 663 g/mol. The number of carbonyl (C=O) groups excluding carboxylic acids is 3. The van der Waals surface area contributed by atoms with Gasteiger partial charge in [-0.1, -0.05) is 46.8 Å². The van der Waals surface area contributed by atoms with Crippen molar-refractivity contribution < 1.29 is 27.9 Å². The zero-order chi connectivity index (χ0) is 34.6. The fraction of sp³-hybridized carbons (Fsp3) is 0.514. The highest BCUT2D eigenvalue weighted by molar-refractivity contribution is 5.92. The maximum Gasteiger partial charge on any atom is 0.274 e. The number of imidazole rings is 1. The Labute approximate surface area is 281 Å². The van der Waals surface area contributed by atoms with Crippen molar-refractivity contribution in [1.82, 2.24) is 24.7 Å². The Morgan fingerprint density at radius 3 is 2.35 bits per heavy atom. The van der Waals surface area contributed by atoms with Crippen molar-refractivity contribution >= 4 is 17.7 Å². The van der Waals surface area contributed by atoms with E-state index in [2.05, 4.69) is 10.3 Å². The molecular formula is C37H47F2N5O4. The smallest absolute Gasteiger partial charge is 0.274 e. The summed E-state index contributed by atoms with van der Waals surface area (Å²) in [5, 5.41) is 3.01. The Hall–Kier alpha value is -4.28. The van der Waals surface area contributed by atoms with E-state index in [0.29, 0.717) is 37.3 Å². The van der Waals surface area contributed by atoms with Gasteiger partial charge in [0.2, 0.25) is 11.8 Å². The zero-order valence-electron chi connectivity index (χ0n) is 28.5. The summed E-state index contributed by atoms with van der Waals surface area (Å²) >= 11 is 0. The van der Waals surface area contributed by atoms with Crippen LogP contribution < -0.4 is 10.1 Å². The van der Waals surface area contributed by atoms with Gasteiger partial charge in [-0.15, -0.1) is 0 Å². The third-order valence-corrected chi connectivity index (χ3v) is 9.41. The van der Waals surface area contributed by atoms with Crippen molar-refractivity contribution in [3.8, 4) is 5.75 Å². The Bertz CT molecular complexity index is 1560. The minimum Gasteiger partial charge on any atom is -0.489 e. The summed E-state index contributed by atoms with van der Waals surface area (Å²) in [6.45, 7) is 11.1. The number of hydrogen-bond donors (Lipinski definition) is 1. The van der Waals surface area contributed by atoms with E-state index in [4.69, 9.17) is 4.74 Å². The molecule has 1 saturated heterocycles. The van der Waals surface area contributed by atoms with E-state index in [1.54, 1.807) is 40.3 Å². The van der Waals surface area contributed by atoms with Crippen LogP contribution in [0.15, 0.2) is 54.7 Å². The van der Waals surface area contributed by atoms with E-state index in [-0.39, 0.29) is 48.4 Å². The standard InChI is InChI=1S/C37H47F2N5O4/c1-6-24(2)34(45)41-33(37(3,4)5)36(47)44-22-30(48-29-15-13-27(39)14-16-29)20-28(44)21-43(19-17-25-9-11-26(38)12-10-25)35(46)31-23-42-18-7-8-32(42)40-31/h9-16,23-24,28,30,33H,6-8,17-22H2,1-5H3,(H,41,45)/t24-,28+,30+,33-/m1/s1. The first kappa shape index (κ1) is 35.0. The molecule has 3 aromatic rings. The molecule has 0 unspecified atom stereocenters. The molecule has 48 heavy (non-hydrogen) atoms. The van der Waals surface area contributed by atoms with E-state index < -0.39 is 23.6 Å². The fourth-order valence-electron chi connectivity index (χ4n) is 6.36. The predicted molar refractivity (Wildman–Crippen MR) is 178 cm³/mol. The number of hydrogen-bond acceptors (Lipinski definition) is 5. The van der Waals surface area contributed by atoms with Gasteiger partial charge in [0.15, 0.2) is 0 Å².